The van der Waals surface area contributed by atoms with E-state index in [9.17, 15) is 23.1 Å². The third-order valence-electron chi connectivity index (χ3n) is 3.33. The molecule has 0 radical (unpaired) electrons. The van der Waals surface area contributed by atoms with Gasteiger partial charge in [0.15, 0.2) is 6.61 Å². The van der Waals surface area contributed by atoms with Crippen LogP contribution in [0.4, 0.5) is 0 Å². The molecule has 0 aromatic heterocycles. The van der Waals surface area contributed by atoms with E-state index in [4.69, 9.17) is 14.0 Å². The van der Waals surface area contributed by atoms with Crippen molar-refractivity contribution in [3.63, 3.8) is 0 Å². The molecular weight excluding hydrogens is 606 g/mol. The molecule has 0 saturated carbocycles. The zero-order chi connectivity index (χ0) is 20.4. The van der Waals surface area contributed by atoms with Gasteiger partial charge in [-0.1, -0.05) is 0 Å². The number of aromatic hydroxyl groups is 1. The van der Waals surface area contributed by atoms with Crippen LogP contribution in [0.2, 0.25) is 0 Å². The van der Waals surface area contributed by atoms with Gasteiger partial charge in [0, 0.05) is 3.57 Å². The van der Waals surface area contributed by atoms with Crippen molar-refractivity contribution >= 4 is 67.2 Å². The molecule has 0 bridgehead atoms. The largest absolute Gasteiger partial charge is 0.506 e. The van der Waals surface area contributed by atoms with Gasteiger partial charge in [-0.2, -0.15) is 8.42 Å². The van der Waals surface area contributed by atoms with Crippen LogP contribution in [0, 0.1) is 14.1 Å². The van der Waals surface area contributed by atoms with E-state index < -0.39 is 28.7 Å². The third kappa shape index (κ3) is 5.52. The Kier molecular flexibility index (Phi) is 7.04. The molecule has 0 fully saturated rings. The number of esters is 2. The maximum atomic E-state index is 12.2. The Labute approximate surface area is 181 Å². The Morgan fingerprint density at radius 2 is 1.70 bits per heavy atom. The number of hydrogen-bond donors (Lipinski definition) is 2. The number of ether oxygens (including phenoxy) is 2. The zero-order valence-corrected chi connectivity index (χ0v) is 18.7. The molecule has 0 spiro atoms. The van der Waals surface area contributed by atoms with Crippen molar-refractivity contribution < 1.29 is 37.1 Å². The molecule has 0 aliphatic heterocycles. The average molecular weight is 618 g/mol. The summed E-state index contributed by atoms with van der Waals surface area (Å²) in [5.74, 6) is -2.00. The second-order valence-electron chi connectivity index (χ2n) is 5.19. The molecule has 11 heteroatoms. The van der Waals surface area contributed by atoms with Gasteiger partial charge >= 0.3 is 11.9 Å². The fourth-order valence-corrected chi connectivity index (χ4v) is 4.23. The van der Waals surface area contributed by atoms with Crippen molar-refractivity contribution in [2.45, 2.75) is 11.8 Å². The molecule has 0 aliphatic rings. The van der Waals surface area contributed by atoms with Crippen molar-refractivity contribution in [3.05, 3.63) is 48.6 Å². The van der Waals surface area contributed by atoms with Crippen LogP contribution in [0.3, 0.4) is 0 Å². The van der Waals surface area contributed by atoms with E-state index in [1.807, 2.05) is 45.2 Å². The Morgan fingerprint density at radius 3 is 2.26 bits per heavy atom. The summed E-state index contributed by atoms with van der Waals surface area (Å²) in [5.41, 5.74) is 0.490. The summed E-state index contributed by atoms with van der Waals surface area (Å²) in [4.78, 5) is 23.7. The molecule has 0 amide bonds. The van der Waals surface area contributed by atoms with Crippen molar-refractivity contribution in [1.82, 2.24) is 0 Å². The second-order valence-corrected chi connectivity index (χ2v) is 8.93. The van der Waals surface area contributed by atoms with E-state index in [-0.39, 0.29) is 22.0 Å². The summed E-state index contributed by atoms with van der Waals surface area (Å²) >= 11 is 3.89. The fraction of sp³-hybridized carbons (Fsp3) is 0.125. The Bertz CT molecular complexity index is 974. The number of carbonyl (C=O) groups excluding carboxylic acids is 2. The first-order chi connectivity index (χ1) is 12.5. The number of rotatable bonds is 5. The van der Waals surface area contributed by atoms with Crippen LogP contribution < -0.4 is 4.74 Å². The van der Waals surface area contributed by atoms with Crippen LogP contribution in [0.1, 0.15) is 15.9 Å². The summed E-state index contributed by atoms with van der Waals surface area (Å²) < 4.78 is 41.8. The van der Waals surface area contributed by atoms with Crippen LogP contribution in [0.15, 0.2) is 35.2 Å². The first-order valence-electron chi connectivity index (χ1n) is 7.13. The minimum absolute atomic E-state index is 0.00582. The molecule has 0 aliphatic carbocycles. The average Bonchev–Trinajstić information content (AvgIpc) is 2.58. The summed E-state index contributed by atoms with van der Waals surface area (Å²) in [6.45, 7) is 0.934. The predicted molar refractivity (Wildman–Crippen MR) is 110 cm³/mol. The van der Waals surface area contributed by atoms with Gasteiger partial charge in [-0.15, -0.1) is 0 Å². The van der Waals surface area contributed by atoms with Gasteiger partial charge in [0.2, 0.25) is 0 Å². The first-order valence-corrected chi connectivity index (χ1v) is 10.7. The van der Waals surface area contributed by atoms with Gasteiger partial charge in [-0.3, -0.25) is 4.55 Å². The number of hydrogen-bond acceptors (Lipinski definition) is 7. The van der Waals surface area contributed by atoms with Crippen LogP contribution in [0.5, 0.6) is 11.5 Å². The molecule has 2 aromatic carbocycles. The molecule has 144 valence electrons. The monoisotopic (exact) mass is 618 g/mol. The topological polar surface area (TPSA) is 127 Å². The van der Waals surface area contributed by atoms with Gasteiger partial charge in [-0.25, -0.2) is 9.59 Å². The smallest absolute Gasteiger partial charge is 0.349 e. The van der Waals surface area contributed by atoms with E-state index in [0.717, 1.165) is 15.7 Å². The molecule has 0 saturated heterocycles. The highest BCUT2D eigenvalue weighted by Gasteiger charge is 2.22. The molecule has 8 nitrogen and oxygen atoms in total. The van der Waals surface area contributed by atoms with Crippen LogP contribution in [-0.2, 0) is 19.6 Å². The number of phenolic OH excluding ortho intramolecular Hbond substituents is 1. The predicted octanol–water partition coefficient (Wildman–Crippen LogP) is 2.92. The number of phenols is 1. The highest BCUT2D eigenvalue weighted by molar-refractivity contribution is 14.1. The maximum absolute atomic E-state index is 12.2. The van der Waals surface area contributed by atoms with E-state index in [1.165, 1.54) is 12.1 Å². The lowest BCUT2D eigenvalue weighted by Crippen LogP contribution is -2.19. The summed E-state index contributed by atoms with van der Waals surface area (Å²) in [5, 5.41) is 10.1. The lowest BCUT2D eigenvalue weighted by molar-refractivity contribution is -0.137. The van der Waals surface area contributed by atoms with Gasteiger partial charge in [0.1, 0.15) is 17.1 Å². The molecule has 2 rings (SSSR count). The first kappa shape index (κ1) is 21.8. The Hall–Kier alpha value is -1.45. The molecule has 0 heterocycles. The minimum Gasteiger partial charge on any atom is -0.506 e. The number of carbonyl (C=O) groups is 2. The molecular formula is C16H12I2O8S. The summed E-state index contributed by atoms with van der Waals surface area (Å²) in [6, 6.07) is 6.15. The fourth-order valence-electron chi connectivity index (χ4n) is 1.99. The lowest BCUT2D eigenvalue weighted by atomic mass is 10.1. The lowest BCUT2D eigenvalue weighted by Gasteiger charge is -2.11. The number of halogens is 2. The maximum Gasteiger partial charge on any atom is 0.349 e. The highest BCUT2D eigenvalue weighted by atomic mass is 127. The minimum atomic E-state index is -4.35. The highest BCUT2D eigenvalue weighted by Crippen LogP contribution is 2.31. The standard InChI is InChI=1S/C16H12I2O8S/c1-8-11(17)6-12(18)15(20)14(8)16(21)25-7-13(19)26-9-2-4-10(5-3-9)27(22,23)24/h2-6,20H,7H2,1H3,(H,22,23,24). The van der Waals surface area contributed by atoms with Gasteiger partial charge in [0.25, 0.3) is 10.1 Å². The molecule has 0 atom stereocenters. The van der Waals surface area contributed by atoms with Crippen molar-refractivity contribution in [2.24, 2.45) is 0 Å². The van der Waals surface area contributed by atoms with Crippen LogP contribution >= 0.6 is 45.2 Å². The van der Waals surface area contributed by atoms with Gasteiger partial charge in [-0.05, 0) is 88.0 Å². The second kappa shape index (κ2) is 8.70. The summed E-state index contributed by atoms with van der Waals surface area (Å²) in [7, 11) is -4.35. The van der Waals surface area contributed by atoms with Crippen LogP contribution in [-0.4, -0.2) is 36.6 Å². The van der Waals surface area contributed by atoms with Gasteiger partial charge < -0.3 is 14.6 Å². The van der Waals surface area contributed by atoms with E-state index >= 15 is 0 Å². The van der Waals surface area contributed by atoms with Crippen molar-refractivity contribution in [3.8, 4) is 11.5 Å². The van der Waals surface area contributed by atoms with Crippen LogP contribution in [0.25, 0.3) is 0 Å². The Balaban J connectivity index is 2.03. The molecule has 0 unspecified atom stereocenters. The molecule has 2 N–H and O–H groups in total. The summed E-state index contributed by atoms with van der Waals surface area (Å²) in [6.07, 6.45) is 0. The molecule has 27 heavy (non-hydrogen) atoms. The van der Waals surface area contributed by atoms with Crippen molar-refractivity contribution in [1.29, 1.82) is 0 Å². The zero-order valence-electron chi connectivity index (χ0n) is 13.6. The normalized spacial score (nSPS) is 11.1. The van der Waals surface area contributed by atoms with Crippen molar-refractivity contribution in [2.75, 3.05) is 6.61 Å². The third-order valence-corrected chi connectivity index (χ3v) is 6.14. The van der Waals surface area contributed by atoms with E-state index in [1.54, 1.807) is 13.0 Å². The SMILES string of the molecule is Cc1c(I)cc(I)c(O)c1C(=O)OCC(=O)Oc1ccc(S(=O)(=O)O)cc1. The van der Waals surface area contributed by atoms with Gasteiger partial charge in [0.05, 0.1) is 8.47 Å². The van der Waals surface area contributed by atoms with E-state index in [0.29, 0.717) is 9.13 Å². The Morgan fingerprint density at radius 1 is 1.11 bits per heavy atom. The molecule has 2 aromatic rings. The van der Waals surface area contributed by atoms with E-state index in [2.05, 4.69) is 0 Å². The number of benzene rings is 2. The quantitative estimate of drug-likeness (QED) is 0.227.